The molecule has 3 rings (SSSR count). The number of hydrogen-bond acceptors (Lipinski definition) is 8. The van der Waals surface area contributed by atoms with Crippen LogP contribution in [0.25, 0.3) is 0 Å². The Morgan fingerprint density at radius 1 is 1.22 bits per heavy atom. The van der Waals surface area contributed by atoms with Crippen molar-refractivity contribution in [3.8, 4) is 5.75 Å². The molecule has 0 bridgehead atoms. The van der Waals surface area contributed by atoms with Gasteiger partial charge in [0.05, 0.1) is 25.6 Å². The van der Waals surface area contributed by atoms with Gasteiger partial charge < -0.3 is 25.2 Å². The van der Waals surface area contributed by atoms with Crippen LogP contribution in [-0.4, -0.2) is 52.6 Å². The fourth-order valence-corrected chi connectivity index (χ4v) is 3.85. The maximum absolute atomic E-state index is 12.8. The van der Waals surface area contributed by atoms with Gasteiger partial charge in [-0.15, -0.1) is 0 Å². The summed E-state index contributed by atoms with van der Waals surface area (Å²) in [4.78, 5) is 28.9. The van der Waals surface area contributed by atoms with Gasteiger partial charge in [-0.2, -0.15) is 5.10 Å². The van der Waals surface area contributed by atoms with Gasteiger partial charge >= 0.3 is 5.97 Å². The molecule has 0 aliphatic rings. The van der Waals surface area contributed by atoms with E-state index in [2.05, 4.69) is 20.7 Å². The van der Waals surface area contributed by atoms with Crippen LogP contribution in [-0.2, 0) is 9.53 Å². The highest BCUT2D eigenvalue weighted by Gasteiger charge is 2.22. The number of carbonyl (C=O) groups is 2. The molecule has 0 spiro atoms. The van der Waals surface area contributed by atoms with Gasteiger partial charge in [0, 0.05) is 24.4 Å². The monoisotopic (exact) mass is 459 g/mol. The summed E-state index contributed by atoms with van der Waals surface area (Å²) < 4.78 is 11.6. The first kappa shape index (κ1) is 23.2. The second-order valence-electron chi connectivity index (χ2n) is 7.14. The summed E-state index contributed by atoms with van der Waals surface area (Å²) in [6.45, 7) is 5.58. The largest absolute Gasteiger partial charge is 0.496 e. The summed E-state index contributed by atoms with van der Waals surface area (Å²) in [7, 11) is 3.02. The predicted molar refractivity (Wildman–Crippen MR) is 121 cm³/mol. The lowest BCUT2D eigenvalue weighted by molar-refractivity contribution is -0.142. The van der Waals surface area contributed by atoms with Crippen LogP contribution in [0.5, 0.6) is 5.75 Å². The van der Waals surface area contributed by atoms with E-state index in [4.69, 9.17) is 9.47 Å². The van der Waals surface area contributed by atoms with E-state index in [1.54, 1.807) is 20.2 Å². The molecule has 0 radical (unpaired) electrons. The van der Waals surface area contributed by atoms with E-state index in [-0.39, 0.29) is 12.5 Å². The Morgan fingerprint density at radius 3 is 2.62 bits per heavy atom. The van der Waals surface area contributed by atoms with Crippen molar-refractivity contribution < 1.29 is 24.2 Å². The molecule has 11 heteroatoms. The zero-order valence-electron chi connectivity index (χ0n) is 18.4. The summed E-state index contributed by atoms with van der Waals surface area (Å²) in [5, 5.41) is 20.1. The summed E-state index contributed by atoms with van der Waals surface area (Å²) in [5.74, 6) is -0.189. The minimum Gasteiger partial charge on any atom is -0.496 e. The Balaban J connectivity index is 1.76. The standard InChI is InChI=1S/C21H25N5O5S/c1-11-6-7-15(31-5)13(3)17(11)23-19(27)16-8-22-21(32-16)24-18-12(2)9-26(25-18)14(10-30-4)20(28)29/h6-9,14H,10H2,1-5H3,(H,23,27)(H,28,29)(H,22,24,25). The van der Waals surface area contributed by atoms with E-state index >= 15 is 0 Å². The highest BCUT2D eigenvalue weighted by Crippen LogP contribution is 2.30. The normalized spacial score (nSPS) is 11.8. The van der Waals surface area contributed by atoms with Gasteiger partial charge in [-0.25, -0.2) is 9.78 Å². The number of carboxylic acid groups (broad SMARTS) is 1. The van der Waals surface area contributed by atoms with E-state index in [0.29, 0.717) is 27.3 Å². The average Bonchev–Trinajstić information content (AvgIpc) is 3.36. The number of thiazole rings is 1. The van der Waals surface area contributed by atoms with Crippen molar-refractivity contribution in [1.82, 2.24) is 14.8 Å². The van der Waals surface area contributed by atoms with Crippen LogP contribution < -0.4 is 15.4 Å². The predicted octanol–water partition coefficient (Wildman–Crippen LogP) is 3.54. The van der Waals surface area contributed by atoms with Gasteiger partial charge in [0.1, 0.15) is 10.6 Å². The van der Waals surface area contributed by atoms with Crippen LogP contribution in [0.1, 0.15) is 32.4 Å². The molecule has 170 valence electrons. The van der Waals surface area contributed by atoms with Gasteiger partial charge in [0.25, 0.3) is 5.91 Å². The summed E-state index contributed by atoms with van der Waals surface area (Å²) in [5.41, 5.74) is 3.19. The summed E-state index contributed by atoms with van der Waals surface area (Å²) >= 11 is 1.16. The van der Waals surface area contributed by atoms with E-state index in [1.165, 1.54) is 18.0 Å². The molecule has 3 N–H and O–H groups in total. The van der Waals surface area contributed by atoms with Crippen molar-refractivity contribution in [3.63, 3.8) is 0 Å². The number of carbonyl (C=O) groups excluding carboxylic acids is 1. The molecule has 10 nitrogen and oxygen atoms in total. The Kier molecular flexibility index (Phi) is 7.11. The van der Waals surface area contributed by atoms with Gasteiger partial charge in [-0.05, 0) is 32.4 Å². The third-order valence-electron chi connectivity index (χ3n) is 4.88. The van der Waals surface area contributed by atoms with Crippen molar-refractivity contribution >= 4 is 39.9 Å². The number of rotatable bonds is 9. The molecule has 2 heterocycles. The number of methoxy groups -OCH3 is 2. The number of aromatic nitrogens is 3. The number of anilines is 3. The minimum absolute atomic E-state index is 0.0133. The molecular formula is C21H25N5O5S. The number of carboxylic acids is 1. The minimum atomic E-state index is -1.04. The summed E-state index contributed by atoms with van der Waals surface area (Å²) in [6.07, 6.45) is 3.10. The van der Waals surface area contributed by atoms with Gasteiger partial charge in [-0.1, -0.05) is 17.4 Å². The highest BCUT2D eigenvalue weighted by atomic mass is 32.1. The number of nitrogens with one attached hydrogen (secondary N) is 2. The van der Waals surface area contributed by atoms with Crippen LogP contribution in [0.4, 0.5) is 16.6 Å². The van der Waals surface area contributed by atoms with E-state index in [9.17, 15) is 14.7 Å². The first-order chi connectivity index (χ1) is 15.2. The fraction of sp³-hybridized carbons (Fsp3) is 0.333. The van der Waals surface area contributed by atoms with Gasteiger partial charge in [-0.3, -0.25) is 9.48 Å². The van der Waals surface area contributed by atoms with Crippen LogP contribution >= 0.6 is 11.3 Å². The van der Waals surface area contributed by atoms with Crippen molar-refractivity contribution in [2.45, 2.75) is 26.8 Å². The first-order valence-electron chi connectivity index (χ1n) is 9.71. The quantitative estimate of drug-likeness (QED) is 0.443. The third kappa shape index (κ3) is 4.89. The second-order valence-corrected chi connectivity index (χ2v) is 8.17. The molecule has 2 aromatic heterocycles. The average molecular weight is 460 g/mol. The highest BCUT2D eigenvalue weighted by molar-refractivity contribution is 7.17. The number of ether oxygens (including phenoxy) is 2. The summed E-state index contributed by atoms with van der Waals surface area (Å²) in [6, 6.07) is 2.80. The molecule has 32 heavy (non-hydrogen) atoms. The zero-order chi connectivity index (χ0) is 23.4. The van der Waals surface area contributed by atoms with Gasteiger partial charge in [0.2, 0.25) is 0 Å². The number of amides is 1. The van der Waals surface area contributed by atoms with Crippen LogP contribution in [0, 0.1) is 20.8 Å². The molecule has 1 atom stereocenters. The van der Waals surface area contributed by atoms with Gasteiger partial charge in [0.15, 0.2) is 17.0 Å². The maximum Gasteiger partial charge on any atom is 0.330 e. The molecule has 1 unspecified atom stereocenters. The molecule has 0 saturated carbocycles. The van der Waals surface area contributed by atoms with Crippen molar-refractivity contribution in [3.05, 3.63) is 46.1 Å². The molecule has 3 aromatic rings. The second kappa shape index (κ2) is 9.79. The van der Waals surface area contributed by atoms with Crippen molar-refractivity contribution in [2.75, 3.05) is 31.5 Å². The molecule has 0 saturated heterocycles. The first-order valence-corrected chi connectivity index (χ1v) is 10.5. The Labute approximate surface area is 189 Å². The van der Waals surface area contributed by atoms with E-state index in [1.807, 2.05) is 26.0 Å². The molecule has 0 fully saturated rings. The molecular weight excluding hydrogens is 434 g/mol. The van der Waals surface area contributed by atoms with Crippen molar-refractivity contribution in [1.29, 1.82) is 0 Å². The Bertz CT molecular complexity index is 1140. The van der Waals surface area contributed by atoms with E-state index < -0.39 is 12.0 Å². The van der Waals surface area contributed by atoms with Crippen LogP contribution in [0.2, 0.25) is 0 Å². The van der Waals surface area contributed by atoms with Crippen LogP contribution in [0.3, 0.4) is 0 Å². The lowest BCUT2D eigenvalue weighted by Crippen LogP contribution is -2.24. The smallest absolute Gasteiger partial charge is 0.330 e. The molecule has 1 amide bonds. The molecule has 0 aliphatic carbocycles. The SMILES string of the molecule is COCC(C(=O)O)n1cc(C)c(Nc2ncc(C(=O)Nc3c(C)ccc(OC)c3C)s2)n1. The van der Waals surface area contributed by atoms with E-state index in [0.717, 1.165) is 28.0 Å². The number of hydrogen-bond donors (Lipinski definition) is 3. The molecule has 1 aromatic carbocycles. The zero-order valence-corrected chi connectivity index (χ0v) is 19.2. The Morgan fingerprint density at radius 2 is 1.97 bits per heavy atom. The number of aliphatic carboxylic acids is 1. The lowest BCUT2D eigenvalue weighted by Gasteiger charge is -2.14. The lowest BCUT2D eigenvalue weighted by atomic mass is 10.1. The Hall–Kier alpha value is -3.44. The number of benzene rings is 1. The van der Waals surface area contributed by atoms with Crippen LogP contribution in [0.15, 0.2) is 24.5 Å². The fourth-order valence-electron chi connectivity index (χ4n) is 3.14. The number of aryl methyl sites for hydroxylation is 2. The number of nitrogens with zero attached hydrogens (tertiary/aromatic N) is 3. The maximum atomic E-state index is 12.8. The topological polar surface area (TPSA) is 128 Å². The van der Waals surface area contributed by atoms with Crippen molar-refractivity contribution in [2.24, 2.45) is 0 Å². The third-order valence-corrected chi connectivity index (χ3v) is 5.79. The molecule has 0 aliphatic heterocycles.